The largest absolute Gasteiger partial charge is 0.465 e. The smallest absolute Gasteiger partial charge is 0.409 e. The molecule has 0 spiro atoms. The monoisotopic (exact) mass is 251 g/mol. The standard InChI is InChI=1S/C13H17NO4/c15-10-13(7-4-8-14(13)12(16)17)18-9-11-5-2-1-3-6-11/h1-3,5-6,15H,4,7-10H2,(H,16,17). The van der Waals surface area contributed by atoms with Gasteiger partial charge in [0.25, 0.3) is 0 Å². The van der Waals surface area contributed by atoms with E-state index in [4.69, 9.17) is 9.84 Å². The lowest BCUT2D eigenvalue weighted by Crippen LogP contribution is -2.51. The molecule has 0 bridgehead atoms. The fourth-order valence-electron chi connectivity index (χ4n) is 2.27. The number of carboxylic acid groups (broad SMARTS) is 1. The van der Waals surface area contributed by atoms with Crippen molar-refractivity contribution in [3.05, 3.63) is 35.9 Å². The number of nitrogens with zero attached hydrogens (tertiary/aromatic N) is 1. The van der Waals surface area contributed by atoms with Crippen molar-refractivity contribution in [2.24, 2.45) is 0 Å². The molecule has 5 nitrogen and oxygen atoms in total. The van der Waals surface area contributed by atoms with E-state index in [1.807, 2.05) is 30.3 Å². The Balaban J connectivity index is 2.06. The molecule has 0 saturated carbocycles. The van der Waals surface area contributed by atoms with E-state index in [-0.39, 0.29) is 6.61 Å². The highest BCUT2D eigenvalue weighted by atomic mass is 16.5. The van der Waals surface area contributed by atoms with Gasteiger partial charge in [-0.2, -0.15) is 0 Å². The Morgan fingerprint density at radius 2 is 2.11 bits per heavy atom. The number of rotatable bonds is 4. The molecule has 1 heterocycles. The second kappa shape index (κ2) is 5.37. The molecule has 1 amide bonds. The summed E-state index contributed by atoms with van der Waals surface area (Å²) in [6.07, 6.45) is 0.194. The molecular formula is C13H17NO4. The Morgan fingerprint density at radius 3 is 2.72 bits per heavy atom. The average molecular weight is 251 g/mol. The fourth-order valence-corrected chi connectivity index (χ4v) is 2.27. The maximum Gasteiger partial charge on any atom is 0.409 e. The average Bonchev–Trinajstić information content (AvgIpc) is 2.82. The number of amides is 1. The molecule has 0 aliphatic carbocycles. The van der Waals surface area contributed by atoms with E-state index < -0.39 is 11.8 Å². The van der Waals surface area contributed by atoms with Crippen LogP contribution in [0.3, 0.4) is 0 Å². The predicted octanol–water partition coefficient (Wildman–Crippen LogP) is 1.67. The van der Waals surface area contributed by atoms with Gasteiger partial charge in [-0.25, -0.2) is 4.79 Å². The molecule has 5 heteroatoms. The van der Waals surface area contributed by atoms with Gasteiger partial charge < -0.3 is 14.9 Å². The van der Waals surface area contributed by atoms with Crippen LogP contribution in [0.4, 0.5) is 4.79 Å². The highest BCUT2D eigenvalue weighted by molar-refractivity contribution is 5.66. The Morgan fingerprint density at radius 1 is 1.39 bits per heavy atom. The molecule has 2 N–H and O–H groups in total. The van der Waals surface area contributed by atoms with Crippen molar-refractivity contribution in [3.8, 4) is 0 Å². The Bertz CT molecular complexity index is 409. The summed E-state index contributed by atoms with van der Waals surface area (Å²) in [5, 5.41) is 18.6. The van der Waals surface area contributed by atoms with Gasteiger partial charge in [-0.1, -0.05) is 30.3 Å². The summed E-state index contributed by atoms with van der Waals surface area (Å²) in [6, 6.07) is 9.52. The van der Waals surface area contributed by atoms with Crippen molar-refractivity contribution in [3.63, 3.8) is 0 Å². The Hall–Kier alpha value is -1.59. The molecule has 1 aromatic rings. The zero-order chi connectivity index (χ0) is 13.0. The summed E-state index contributed by atoms with van der Waals surface area (Å²) in [5.41, 5.74) is -0.121. The van der Waals surface area contributed by atoms with Crippen LogP contribution in [-0.4, -0.2) is 40.1 Å². The molecule has 1 saturated heterocycles. The zero-order valence-corrected chi connectivity index (χ0v) is 10.1. The second-order valence-electron chi connectivity index (χ2n) is 4.42. The third-order valence-electron chi connectivity index (χ3n) is 3.27. The number of likely N-dealkylation sites (tertiary alicyclic amines) is 1. The highest BCUT2D eigenvalue weighted by Gasteiger charge is 2.44. The van der Waals surface area contributed by atoms with Gasteiger partial charge >= 0.3 is 6.09 Å². The molecule has 0 radical (unpaired) electrons. The molecule has 1 unspecified atom stereocenters. The van der Waals surface area contributed by atoms with Crippen LogP contribution in [0, 0.1) is 0 Å². The van der Waals surface area contributed by atoms with Crippen molar-refractivity contribution < 1.29 is 19.7 Å². The number of aliphatic hydroxyl groups excluding tert-OH is 1. The van der Waals surface area contributed by atoms with Crippen molar-refractivity contribution >= 4 is 6.09 Å². The van der Waals surface area contributed by atoms with Gasteiger partial charge in [0, 0.05) is 6.54 Å². The van der Waals surface area contributed by atoms with Crippen LogP contribution < -0.4 is 0 Å². The molecule has 2 rings (SSSR count). The van der Waals surface area contributed by atoms with Gasteiger partial charge in [0.15, 0.2) is 5.72 Å². The SMILES string of the molecule is O=C(O)N1CCCC1(CO)OCc1ccccc1. The first kappa shape index (κ1) is 12.9. The van der Waals surface area contributed by atoms with Crippen LogP contribution in [-0.2, 0) is 11.3 Å². The van der Waals surface area contributed by atoms with Crippen LogP contribution >= 0.6 is 0 Å². The van der Waals surface area contributed by atoms with Gasteiger partial charge in [0.05, 0.1) is 13.2 Å². The van der Waals surface area contributed by atoms with Crippen LogP contribution in [0.25, 0.3) is 0 Å². The van der Waals surface area contributed by atoms with Gasteiger partial charge in [-0.3, -0.25) is 4.90 Å². The molecule has 1 fully saturated rings. The molecule has 1 aliphatic heterocycles. The van der Waals surface area contributed by atoms with Crippen LogP contribution in [0.15, 0.2) is 30.3 Å². The van der Waals surface area contributed by atoms with E-state index in [2.05, 4.69) is 0 Å². The van der Waals surface area contributed by atoms with Crippen molar-refractivity contribution in [2.75, 3.05) is 13.2 Å². The molecule has 1 atom stereocenters. The van der Waals surface area contributed by atoms with Crippen LogP contribution in [0.2, 0.25) is 0 Å². The van der Waals surface area contributed by atoms with Gasteiger partial charge in [0.1, 0.15) is 0 Å². The number of carbonyl (C=O) groups is 1. The summed E-state index contributed by atoms with van der Waals surface area (Å²) in [6.45, 7) is 0.391. The number of ether oxygens (including phenoxy) is 1. The van der Waals surface area contributed by atoms with E-state index in [0.717, 1.165) is 5.56 Å². The normalized spacial score (nSPS) is 23.3. The van der Waals surface area contributed by atoms with E-state index in [1.165, 1.54) is 4.90 Å². The quantitative estimate of drug-likeness (QED) is 0.854. The van der Waals surface area contributed by atoms with E-state index in [9.17, 15) is 9.90 Å². The Labute approximate surface area is 106 Å². The summed E-state index contributed by atoms with van der Waals surface area (Å²) in [4.78, 5) is 12.3. The Kier molecular flexibility index (Phi) is 3.84. The van der Waals surface area contributed by atoms with Gasteiger partial charge in [-0.05, 0) is 18.4 Å². The van der Waals surface area contributed by atoms with E-state index >= 15 is 0 Å². The molecule has 1 aliphatic rings. The summed E-state index contributed by atoms with van der Waals surface area (Å²) in [7, 11) is 0. The van der Waals surface area contributed by atoms with Crippen molar-refractivity contribution in [1.82, 2.24) is 4.90 Å². The lowest BCUT2D eigenvalue weighted by atomic mass is 10.1. The number of benzene rings is 1. The summed E-state index contributed by atoms with van der Waals surface area (Å²) >= 11 is 0. The second-order valence-corrected chi connectivity index (χ2v) is 4.42. The zero-order valence-electron chi connectivity index (χ0n) is 10.1. The minimum Gasteiger partial charge on any atom is -0.465 e. The minimum atomic E-state index is -1.08. The lowest BCUT2D eigenvalue weighted by molar-refractivity contribution is -0.155. The lowest BCUT2D eigenvalue weighted by Gasteiger charge is -2.34. The fraction of sp³-hybridized carbons (Fsp3) is 0.462. The third kappa shape index (κ3) is 2.47. The molecule has 98 valence electrons. The van der Waals surface area contributed by atoms with E-state index in [0.29, 0.717) is 26.0 Å². The first-order valence-corrected chi connectivity index (χ1v) is 5.97. The number of hydrogen-bond donors (Lipinski definition) is 2. The predicted molar refractivity (Wildman–Crippen MR) is 65.0 cm³/mol. The molecular weight excluding hydrogens is 234 g/mol. The minimum absolute atomic E-state index is 0.297. The number of hydrogen-bond acceptors (Lipinski definition) is 3. The first-order valence-electron chi connectivity index (χ1n) is 5.97. The molecule has 0 aromatic heterocycles. The maximum atomic E-state index is 11.1. The molecule has 1 aromatic carbocycles. The first-order chi connectivity index (χ1) is 8.68. The summed E-state index contributed by atoms with van der Waals surface area (Å²) < 4.78 is 5.69. The summed E-state index contributed by atoms with van der Waals surface area (Å²) in [5.74, 6) is 0. The topological polar surface area (TPSA) is 70.0 Å². The molecule has 18 heavy (non-hydrogen) atoms. The van der Waals surface area contributed by atoms with Gasteiger partial charge in [-0.15, -0.1) is 0 Å². The number of aliphatic hydroxyl groups is 1. The van der Waals surface area contributed by atoms with Crippen molar-refractivity contribution in [1.29, 1.82) is 0 Å². The highest BCUT2D eigenvalue weighted by Crippen LogP contribution is 2.31. The maximum absolute atomic E-state index is 11.1. The van der Waals surface area contributed by atoms with Crippen molar-refractivity contribution in [2.45, 2.75) is 25.2 Å². The van der Waals surface area contributed by atoms with E-state index in [1.54, 1.807) is 0 Å². The van der Waals surface area contributed by atoms with Crippen LogP contribution in [0.5, 0.6) is 0 Å². The van der Waals surface area contributed by atoms with Gasteiger partial charge in [0.2, 0.25) is 0 Å². The third-order valence-corrected chi connectivity index (χ3v) is 3.27. The van der Waals surface area contributed by atoms with Crippen LogP contribution in [0.1, 0.15) is 18.4 Å².